The minimum absolute atomic E-state index is 0.0305. The molecule has 4 rings (SSSR count). The fourth-order valence-corrected chi connectivity index (χ4v) is 4.65. The van der Waals surface area contributed by atoms with Crippen LogP contribution in [-0.4, -0.2) is 77.0 Å². The van der Waals surface area contributed by atoms with Gasteiger partial charge in [0.15, 0.2) is 0 Å². The summed E-state index contributed by atoms with van der Waals surface area (Å²) in [6.07, 6.45) is -0.0305. The second-order valence-electron chi connectivity index (χ2n) is 9.44. The number of likely N-dealkylation sites (tertiary alicyclic amines) is 1. The van der Waals surface area contributed by atoms with Crippen LogP contribution in [0.2, 0.25) is 0 Å². The van der Waals surface area contributed by atoms with Crippen molar-refractivity contribution in [1.29, 1.82) is 0 Å². The number of ketones is 1. The zero-order valence-electron chi connectivity index (χ0n) is 21.2. The van der Waals surface area contributed by atoms with Gasteiger partial charge in [0.1, 0.15) is 11.5 Å². The lowest BCUT2D eigenvalue weighted by Crippen LogP contribution is -2.42. The number of aliphatic hydroxyl groups excluding tert-OH is 1. The maximum absolute atomic E-state index is 13.3. The lowest BCUT2D eigenvalue weighted by Gasteiger charge is -2.31. The summed E-state index contributed by atoms with van der Waals surface area (Å²) in [5, 5.41) is 22.5. The van der Waals surface area contributed by atoms with Crippen LogP contribution in [0, 0.1) is 17.0 Å². The maximum Gasteiger partial charge on any atom is 0.295 e. The number of Topliss-reactive ketones (excluding diaryl/α,β-unsaturated/α-hetero) is 1. The van der Waals surface area contributed by atoms with Crippen LogP contribution in [0.5, 0.6) is 5.75 Å². The molecule has 2 aliphatic rings. The van der Waals surface area contributed by atoms with Crippen molar-refractivity contribution in [2.75, 3.05) is 39.4 Å². The maximum atomic E-state index is 13.3. The fourth-order valence-electron chi connectivity index (χ4n) is 4.65. The molecule has 1 amide bonds. The first-order chi connectivity index (χ1) is 17.7. The van der Waals surface area contributed by atoms with Gasteiger partial charge >= 0.3 is 0 Å². The van der Waals surface area contributed by atoms with Gasteiger partial charge in [-0.2, -0.15) is 0 Å². The molecule has 0 spiro atoms. The fraction of sp³-hybridized carbons (Fsp3) is 0.407. The quantitative estimate of drug-likeness (QED) is 0.189. The minimum atomic E-state index is -0.881. The molecular weight excluding hydrogens is 478 g/mol. The van der Waals surface area contributed by atoms with Gasteiger partial charge in [0, 0.05) is 43.9 Å². The zero-order chi connectivity index (χ0) is 26.7. The number of non-ortho nitro benzene ring substituents is 1. The second kappa shape index (κ2) is 11.1. The average Bonchev–Trinajstić information content (AvgIpc) is 3.13. The van der Waals surface area contributed by atoms with Crippen molar-refractivity contribution in [3.63, 3.8) is 0 Å². The van der Waals surface area contributed by atoms with Crippen molar-refractivity contribution in [3.05, 3.63) is 74.8 Å². The third kappa shape index (κ3) is 5.65. The number of carbonyl (C=O) groups is 2. The number of benzene rings is 2. The van der Waals surface area contributed by atoms with Crippen LogP contribution >= 0.6 is 0 Å². The predicted octanol–water partition coefficient (Wildman–Crippen LogP) is 3.44. The van der Waals surface area contributed by atoms with E-state index in [2.05, 4.69) is 4.90 Å². The molecule has 2 aromatic carbocycles. The Bertz CT molecular complexity index is 1220. The lowest BCUT2D eigenvalue weighted by atomic mass is 9.94. The molecule has 2 fully saturated rings. The molecule has 0 aromatic heterocycles. The number of amides is 1. The molecule has 2 heterocycles. The largest absolute Gasteiger partial charge is 0.507 e. The van der Waals surface area contributed by atoms with Crippen LogP contribution in [-0.2, 0) is 14.3 Å². The van der Waals surface area contributed by atoms with E-state index in [1.54, 1.807) is 18.2 Å². The topological polar surface area (TPSA) is 122 Å². The van der Waals surface area contributed by atoms with E-state index in [9.17, 15) is 24.8 Å². The number of nitrogens with zero attached hydrogens (tertiary/aromatic N) is 3. The SMILES string of the molecule is Cc1cc(/C(O)=C2\C(=O)C(=O)N(CCN3CCOCC3)C2c2ccc([N+](=O)[O-])cc2)ccc1OC(C)C. The van der Waals surface area contributed by atoms with Gasteiger partial charge in [-0.25, -0.2) is 0 Å². The number of rotatable bonds is 8. The van der Waals surface area contributed by atoms with Crippen molar-refractivity contribution < 1.29 is 29.1 Å². The molecule has 196 valence electrons. The Kier molecular flexibility index (Phi) is 7.89. The van der Waals surface area contributed by atoms with E-state index in [1.807, 2.05) is 20.8 Å². The van der Waals surface area contributed by atoms with Gasteiger partial charge in [-0.05, 0) is 62.2 Å². The first-order valence-corrected chi connectivity index (χ1v) is 12.3. The van der Waals surface area contributed by atoms with Gasteiger partial charge in [0.05, 0.1) is 35.9 Å². The third-order valence-corrected chi connectivity index (χ3v) is 6.53. The molecule has 0 bridgehead atoms. The molecule has 1 unspecified atom stereocenters. The molecule has 10 heteroatoms. The van der Waals surface area contributed by atoms with E-state index in [1.165, 1.54) is 29.2 Å². The molecule has 2 aliphatic heterocycles. The van der Waals surface area contributed by atoms with Crippen molar-refractivity contribution in [1.82, 2.24) is 9.80 Å². The van der Waals surface area contributed by atoms with Crippen LogP contribution in [0.4, 0.5) is 5.69 Å². The number of carbonyl (C=O) groups excluding carboxylic acids is 2. The highest BCUT2D eigenvalue weighted by molar-refractivity contribution is 6.46. The van der Waals surface area contributed by atoms with E-state index in [0.717, 1.165) is 18.7 Å². The molecular formula is C27H31N3O7. The summed E-state index contributed by atoms with van der Waals surface area (Å²) in [6.45, 7) is 9.08. The highest BCUT2D eigenvalue weighted by Crippen LogP contribution is 2.40. The standard InChI is InChI=1S/C27H31N3O7/c1-17(2)37-22-9-6-20(16-18(22)3)25(31)23-24(19-4-7-21(8-5-19)30(34)35)29(27(33)26(23)32)11-10-28-12-14-36-15-13-28/h4-9,16-17,24,31H,10-15H2,1-3H3/b25-23+. The molecule has 0 saturated carbocycles. The monoisotopic (exact) mass is 509 g/mol. The highest BCUT2D eigenvalue weighted by Gasteiger charge is 2.46. The summed E-state index contributed by atoms with van der Waals surface area (Å²) in [4.78, 5) is 40.7. The van der Waals surface area contributed by atoms with Gasteiger partial charge in [-0.3, -0.25) is 24.6 Å². The first-order valence-electron chi connectivity index (χ1n) is 12.3. The number of aryl methyl sites for hydroxylation is 1. The zero-order valence-corrected chi connectivity index (χ0v) is 21.2. The molecule has 1 atom stereocenters. The van der Waals surface area contributed by atoms with Crippen LogP contribution in [0.1, 0.15) is 36.6 Å². The minimum Gasteiger partial charge on any atom is -0.507 e. The Labute approximate surface area is 215 Å². The van der Waals surface area contributed by atoms with E-state index in [4.69, 9.17) is 9.47 Å². The summed E-state index contributed by atoms with van der Waals surface area (Å²) in [7, 11) is 0. The molecule has 37 heavy (non-hydrogen) atoms. The molecule has 0 aliphatic carbocycles. The van der Waals surface area contributed by atoms with Crippen molar-refractivity contribution >= 4 is 23.1 Å². The van der Waals surface area contributed by atoms with E-state index < -0.39 is 22.7 Å². The summed E-state index contributed by atoms with van der Waals surface area (Å²) in [5.41, 5.74) is 1.51. The summed E-state index contributed by atoms with van der Waals surface area (Å²) < 4.78 is 11.2. The van der Waals surface area contributed by atoms with Gasteiger partial charge in [-0.1, -0.05) is 0 Å². The smallest absolute Gasteiger partial charge is 0.295 e. The number of nitro benzene ring substituents is 1. The second-order valence-corrected chi connectivity index (χ2v) is 9.44. The van der Waals surface area contributed by atoms with Crippen molar-refractivity contribution in [3.8, 4) is 5.75 Å². The summed E-state index contributed by atoms with van der Waals surface area (Å²) >= 11 is 0. The number of ether oxygens (including phenoxy) is 2. The van der Waals surface area contributed by atoms with E-state index in [0.29, 0.717) is 36.6 Å². The molecule has 10 nitrogen and oxygen atoms in total. The lowest BCUT2D eigenvalue weighted by molar-refractivity contribution is -0.384. The van der Waals surface area contributed by atoms with E-state index in [-0.39, 0.29) is 29.7 Å². The van der Waals surface area contributed by atoms with E-state index >= 15 is 0 Å². The summed E-state index contributed by atoms with van der Waals surface area (Å²) in [6, 6.07) is 9.91. The first kappa shape index (κ1) is 26.3. The Morgan fingerprint density at radius 3 is 2.41 bits per heavy atom. The number of aliphatic hydroxyl groups is 1. The number of hydrogen-bond acceptors (Lipinski definition) is 8. The van der Waals surface area contributed by atoms with Crippen LogP contribution in [0.25, 0.3) is 5.76 Å². The number of morpholine rings is 1. The Hall–Kier alpha value is -3.76. The predicted molar refractivity (Wildman–Crippen MR) is 136 cm³/mol. The number of hydrogen-bond donors (Lipinski definition) is 1. The van der Waals surface area contributed by atoms with Crippen molar-refractivity contribution in [2.45, 2.75) is 32.9 Å². The van der Waals surface area contributed by atoms with Gasteiger partial charge in [0.25, 0.3) is 17.4 Å². The third-order valence-electron chi connectivity index (χ3n) is 6.53. The Morgan fingerprint density at radius 2 is 1.81 bits per heavy atom. The molecule has 2 aromatic rings. The van der Waals surface area contributed by atoms with Crippen LogP contribution in [0.3, 0.4) is 0 Å². The highest BCUT2D eigenvalue weighted by atomic mass is 16.6. The molecule has 2 saturated heterocycles. The van der Waals surface area contributed by atoms with Gasteiger partial charge in [0.2, 0.25) is 0 Å². The summed E-state index contributed by atoms with van der Waals surface area (Å²) in [5.74, 6) is -1.14. The number of nitro groups is 1. The van der Waals surface area contributed by atoms with Crippen LogP contribution in [0.15, 0.2) is 48.0 Å². The van der Waals surface area contributed by atoms with Gasteiger partial charge in [-0.15, -0.1) is 0 Å². The normalized spacial score (nSPS) is 20.0. The average molecular weight is 510 g/mol. The Morgan fingerprint density at radius 1 is 1.14 bits per heavy atom. The van der Waals surface area contributed by atoms with Crippen LogP contribution < -0.4 is 4.74 Å². The molecule has 0 radical (unpaired) electrons. The molecule has 1 N–H and O–H groups in total. The van der Waals surface area contributed by atoms with Crippen molar-refractivity contribution in [2.24, 2.45) is 0 Å². The Balaban J connectivity index is 1.74. The van der Waals surface area contributed by atoms with Gasteiger partial charge < -0.3 is 19.5 Å².